The monoisotopic (exact) mass is 441 g/mol. The van der Waals surface area contributed by atoms with Gasteiger partial charge in [-0.3, -0.25) is 10.3 Å². The van der Waals surface area contributed by atoms with Crippen LogP contribution in [0, 0.1) is 5.92 Å². The van der Waals surface area contributed by atoms with Crippen LogP contribution in [0.25, 0.3) is 16.7 Å². The van der Waals surface area contributed by atoms with E-state index in [0.29, 0.717) is 17.4 Å². The predicted octanol–water partition coefficient (Wildman–Crippen LogP) is 4.13. The first-order chi connectivity index (χ1) is 16.3. The van der Waals surface area contributed by atoms with E-state index in [1.807, 2.05) is 30.5 Å². The smallest absolute Gasteiger partial charge is 0.168 e. The number of rotatable bonds is 7. The normalized spacial score (nSPS) is 15.3. The van der Waals surface area contributed by atoms with Gasteiger partial charge in [0, 0.05) is 18.8 Å². The van der Waals surface area contributed by atoms with Gasteiger partial charge in [0.25, 0.3) is 0 Å². The van der Waals surface area contributed by atoms with E-state index >= 15 is 0 Å². The van der Waals surface area contributed by atoms with Crippen molar-refractivity contribution < 1.29 is 4.74 Å². The third-order valence-electron chi connectivity index (χ3n) is 6.00. The van der Waals surface area contributed by atoms with Crippen molar-refractivity contribution in [3.8, 4) is 11.4 Å². The molecule has 0 spiro atoms. The van der Waals surface area contributed by atoms with Gasteiger partial charge in [-0.2, -0.15) is 10.2 Å². The number of aromatic nitrogens is 4. The summed E-state index contributed by atoms with van der Waals surface area (Å²) in [5.41, 5.74) is 6.06. The average molecular weight is 442 g/mol. The first-order valence-electron chi connectivity index (χ1n) is 11.2. The summed E-state index contributed by atoms with van der Waals surface area (Å²) in [6, 6.07) is 18.4. The second-order valence-electron chi connectivity index (χ2n) is 8.21. The van der Waals surface area contributed by atoms with Crippen LogP contribution in [0.5, 0.6) is 5.75 Å². The molecule has 0 aliphatic carbocycles. The molecule has 8 nitrogen and oxygen atoms in total. The molecule has 0 unspecified atom stereocenters. The molecule has 0 radical (unpaired) electrons. The SMILES string of the molecule is COc1cccc(-n2ncc3c(N/N=C/C4CCN(Cc5ccccc5)CC4)ncnc32)c1. The number of piperidine rings is 1. The van der Waals surface area contributed by atoms with E-state index in [0.717, 1.165) is 49.3 Å². The van der Waals surface area contributed by atoms with Gasteiger partial charge in [-0.15, -0.1) is 0 Å². The number of hydrogen-bond donors (Lipinski definition) is 1. The molecule has 1 saturated heterocycles. The third kappa shape index (κ3) is 4.85. The number of fused-ring (bicyclic) bond motifs is 1. The van der Waals surface area contributed by atoms with Gasteiger partial charge in [0.05, 0.1) is 24.4 Å². The minimum absolute atomic E-state index is 0.460. The Morgan fingerprint density at radius 1 is 1.09 bits per heavy atom. The van der Waals surface area contributed by atoms with Gasteiger partial charge in [0.1, 0.15) is 12.1 Å². The summed E-state index contributed by atoms with van der Waals surface area (Å²) in [7, 11) is 1.65. The van der Waals surface area contributed by atoms with E-state index in [4.69, 9.17) is 4.74 Å². The highest BCUT2D eigenvalue weighted by Gasteiger charge is 2.18. The molecule has 3 heterocycles. The molecule has 4 aromatic rings. The lowest BCUT2D eigenvalue weighted by atomic mass is 9.98. The van der Waals surface area contributed by atoms with Crippen molar-refractivity contribution in [2.24, 2.45) is 11.0 Å². The fourth-order valence-electron chi connectivity index (χ4n) is 4.17. The second-order valence-corrected chi connectivity index (χ2v) is 8.21. The van der Waals surface area contributed by atoms with Gasteiger partial charge in [0.2, 0.25) is 0 Å². The molecule has 2 aromatic heterocycles. The molecular formula is C25H27N7O. The van der Waals surface area contributed by atoms with E-state index in [1.54, 1.807) is 18.0 Å². The number of anilines is 1. The lowest BCUT2D eigenvalue weighted by Crippen LogP contribution is -2.33. The summed E-state index contributed by atoms with van der Waals surface area (Å²) in [5, 5.41) is 9.81. The highest BCUT2D eigenvalue weighted by Crippen LogP contribution is 2.24. The van der Waals surface area contributed by atoms with Gasteiger partial charge in [-0.1, -0.05) is 36.4 Å². The molecule has 0 bridgehead atoms. The minimum Gasteiger partial charge on any atom is -0.497 e. The van der Waals surface area contributed by atoms with Gasteiger partial charge in [0.15, 0.2) is 11.5 Å². The molecule has 5 rings (SSSR count). The highest BCUT2D eigenvalue weighted by molar-refractivity contribution is 5.87. The number of hydrazone groups is 1. The van der Waals surface area contributed by atoms with Crippen LogP contribution in [0.2, 0.25) is 0 Å². The molecule has 168 valence electrons. The Bertz CT molecular complexity index is 1230. The van der Waals surface area contributed by atoms with Crippen LogP contribution in [-0.2, 0) is 6.54 Å². The number of ether oxygens (including phenoxy) is 1. The third-order valence-corrected chi connectivity index (χ3v) is 6.00. The Morgan fingerprint density at radius 2 is 1.94 bits per heavy atom. The molecule has 1 aliphatic rings. The van der Waals surface area contributed by atoms with Crippen LogP contribution >= 0.6 is 0 Å². The Kier molecular flexibility index (Phi) is 6.25. The number of benzene rings is 2. The van der Waals surface area contributed by atoms with Crippen LogP contribution in [0.3, 0.4) is 0 Å². The molecule has 33 heavy (non-hydrogen) atoms. The Labute approximate surface area is 192 Å². The Morgan fingerprint density at radius 3 is 2.76 bits per heavy atom. The van der Waals surface area contributed by atoms with Crippen LogP contribution in [0.15, 0.2) is 72.2 Å². The molecule has 1 fully saturated rings. The van der Waals surface area contributed by atoms with Crippen molar-refractivity contribution in [2.75, 3.05) is 25.6 Å². The van der Waals surface area contributed by atoms with E-state index in [2.05, 4.69) is 60.8 Å². The van der Waals surface area contributed by atoms with Crippen LogP contribution in [0.4, 0.5) is 5.82 Å². The summed E-state index contributed by atoms with van der Waals surface area (Å²) >= 11 is 0. The maximum absolute atomic E-state index is 5.33. The number of nitrogens with zero attached hydrogens (tertiary/aromatic N) is 6. The Hall–Kier alpha value is -3.78. The standard InChI is InChI=1S/C25H27N7O/c1-33-22-9-5-8-21(14-22)32-25-23(16-29-32)24(26-18-27-25)30-28-15-19-10-12-31(13-11-19)17-20-6-3-2-4-7-20/h2-9,14-16,18-19H,10-13,17H2,1H3,(H,26,27,30)/b28-15+. The van der Waals surface area contributed by atoms with Crippen molar-refractivity contribution in [3.63, 3.8) is 0 Å². The summed E-state index contributed by atoms with van der Waals surface area (Å²) in [4.78, 5) is 11.3. The predicted molar refractivity (Wildman–Crippen MR) is 130 cm³/mol. The molecule has 0 amide bonds. The fourth-order valence-corrected chi connectivity index (χ4v) is 4.17. The lowest BCUT2D eigenvalue weighted by molar-refractivity contribution is 0.203. The summed E-state index contributed by atoms with van der Waals surface area (Å²) in [6.07, 6.45) is 7.51. The lowest BCUT2D eigenvalue weighted by Gasteiger charge is -2.30. The fraction of sp³-hybridized carbons (Fsp3) is 0.280. The summed E-state index contributed by atoms with van der Waals surface area (Å²) in [5.74, 6) is 1.87. The zero-order chi connectivity index (χ0) is 22.5. The number of hydrogen-bond acceptors (Lipinski definition) is 7. The number of methoxy groups -OCH3 is 1. The molecular weight excluding hydrogens is 414 g/mol. The molecule has 2 aromatic carbocycles. The minimum atomic E-state index is 0.460. The summed E-state index contributed by atoms with van der Waals surface area (Å²) < 4.78 is 7.10. The topological polar surface area (TPSA) is 80.5 Å². The van der Waals surface area contributed by atoms with Crippen LogP contribution in [0.1, 0.15) is 18.4 Å². The zero-order valence-corrected chi connectivity index (χ0v) is 18.6. The van der Waals surface area contributed by atoms with Crippen molar-refractivity contribution >= 4 is 23.1 Å². The number of nitrogens with one attached hydrogen (secondary N) is 1. The van der Waals surface area contributed by atoms with E-state index in [1.165, 1.54) is 11.9 Å². The van der Waals surface area contributed by atoms with E-state index < -0.39 is 0 Å². The molecule has 1 aliphatic heterocycles. The first-order valence-corrected chi connectivity index (χ1v) is 11.2. The van der Waals surface area contributed by atoms with Crippen molar-refractivity contribution in [2.45, 2.75) is 19.4 Å². The van der Waals surface area contributed by atoms with Crippen molar-refractivity contribution in [3.05, 3.63) is 72.7 Å². The molecule has 8 heteroatoms. The maximum atomic E-state index is 5.33. The summed E-state index contributed by atoms with van der Waals surface area (Å²) in [6.45, 7) is 3.17. The van der Waals surface area contributed by atoms with Gasteiger partial charge < -0.3 is 4.74 Å². The van der Waals surface area contributed by atoms with Gasteiger partial charge in [-0.05, 0) is 49.5 Å². The highest BCUT2D eigenvalue weighted by atomic mass is 16.5. The zero-order valence-electron chi connectivity index (χ0n) is 18.6. The maximum Gasteiger partial charge on any atom is 0.168 e. The Balaban J connectivity index is 1.22. The number of likely N-dealkylation sites (tertiary alicyclic amines) is 1. The molecule has 1 N–H and O–H groups in total. The van der Waals surface area contributed by atoms with Gasteiger partial charge in [-0.25, -0.2) is 14.6 Å². The van der Waals surface area contributed by atoms with Crippen molar-refractivity contribution in [1.29, 1.82) is 0 Å². The quantitative estimate of drug-likeness (QED) is 0.343. The van der Waals surface area contributed by atoms with E-state index in [-0.39, 0.29) is 0 Å². The van der Waals surface area contributed by atoms with Crippen LogP contribution in [-0.4, -0.2) is 51.1 Å². The second kappa shape index (κ2) is 9.79. The van der Waals surface area contributed by atoms with Crippen molar-refractivity contribution in [1.82, 2.24) is 24.6 Å². The largest absolute Gasteiger partial charge is 0.497 e. The average Bonchev–Trinajstić information content (AvgIpc) is 3.31. The van der Waals surface area contributed by atoms with Crippen LogP contribution < -0.4 is 10.2 Å². The van der Waals surface area contributed by atoms with Gasteiger partial charge >= 0.3 is 0 Å². The van der Waals surface area contributed by atoms with E-state index in [9.17, 15) is 0 Å². The molecule has 0 saturated carbocycles. The molecule has 0 atom stereocenters. The first kappa shape index (κ1) is 21.1.